The molecule has 0 aromatic heterocycles. The van der Waals surface area contributed by atoms with Crippen LogP contribution in [0.1, 0.15) is 12.8 Å². The summed E-state index contributed by atoms with van der Waals surface area (Å²) in [6, 6.07) is 5.83. The van der Waals surface area contributed by atoms with E-state index in [1.807, 2.05) is 18.2 Å². The largest absolute Gasteiger partial charge is 0.446 e. The van der Waals surface area contributed by atoms with E-state index < -0.39 is 6.92 Å². The number of anilines is 1. The van der Waals surface area contributed by atoms with E-state index in [0.717, 1.165) is 24.2 Å². The van der Waals surface area contributed by atoms with Crippen molar-refractivity contribution in [1.82, 2.24) is 0 Å². The fourth-order valence-electron chi connectivity index (χ4n) is 2.00. The van der Waals surface area contributed by atoms with Crippen molar-refractivity contribution in [2.75, 3.05) is 18.0 Å². The Bertz CT molecular complexity index is 350. The minimum Gasteiger partial charge on any atom is -0.446 e. The molecule has 0 aliphatic carbocycles. The summed E-state index contributed by atoms with van der Waals surface area (Å²) in [6.07, 6.45) is 2.49. The second-order valence-electron chi connectivity index (χ2n) is 4.11. The normalized spacial score (nSPS) is 15.8. The smallest absolute Gasteiger partial charge is 0.320 e. The Balaban J connectivity index is 2.30. The molecule has 0 radical (unpaired) electrons. The van der Waals surface area contributed by atoms with Crippen LogP contribution in [0.5, 0.6) is 0 Å². The summed E-state index contributed by atoms with van der Waals surface area (Å²) in [5.74, 6) is 0. The molecule has 15 heavy (non-hydrogen) atoms. The first-order valence-corrected chi connectivity index (χ1v) is 5.78. The molecular weight excluding hydrogens is 208 g/mol. The zero-order valence-corrected chi connectivity index (χ0v) is 9.67. The molecule has 1 aliphatic rings. The Morgan fingerprint density at radius 3 is 2.53 bits per heavy atom. The molecule has 0 saturated carbocycles. The summed E-state index contributed by atoms with van der Waals surface area (Å²) < 4.78 is 0. The van der Waals surface area contributed by atoms with E-state index in [1.54, 1.807) is 6.82 Å². The molecule has 1 aliphatic heterocycles. The Morgan fingerprint density at radius 1 is 1.27 bits per heavy atom. The number of halogens is 1. The molecule has 0 bridgehead atoms. The van der Waals surface area contributed by atoms with Gasteiger partial charge in [0.2, 0.25) is 0 Å². The molecule has 0 atom stereocenters. The van der Waals surface area contributed by atoms with Gasteiger partial charge < -0.3 is 9.92 Å². The maximum Gasteiger partial charge on any atom is 0.320 e. The molecule has 1 fully saturated rings. The van der Waals surface area contributed by atoms with Crippen LogP contribution in [-0.2, 0) is 0 Å². The second-order valence-corrected chi connectivity index (χ2v) is 4.55. The molecule has 1 aromatic rings. The van der Waals surface area contributed by atoms with Gasteiger partial charge in [-0.3, -0.25) is 0 Å². The molecule has 0 spiro atoms. The highest BCUT2D eigenvalue weighted by Gasteiger charge is 2.15. The highest BCUT2D eigenvalue weighted by molar-refractivity contribution is 6.65. The summed E-state index contributed by atoms with van der Waals surface area (Å²) in [4.78, 5) is 2.32. The fraction of sp³-hybridized carbons (Fsp3) is 0.455. The van der Waals surface area contributed by atoms with Gasteiger partial charge in [-0.25, -0.2) is 0 Å². The van der Waals surface area contributed by atoms with Gasteiger partial charge in [-0.15, -0.1) is 0 Å². The molecule has 0 unspecified atom stereocenters. The Morgan fingerprint density at radius 2 is 1.93 bits per heavy atom. The topological polar surface area (TPSA) is 23.5 Å². The quantitative estimate of drug-likeness (QED) is 0.773. The lowest BCUT2D eigenvalue weighted by molar-refractivity contribution is 0.594. The van der Waals surface area contributed by atoms with Gasteiger partial charge in [0.25, 0.3) is 0 Å². The molecule has 1 aromatic carbocycles. The van der Waals surface area contributed by atoms with Gasteiger partial charge >= 0.3 is 6.92 Å². The highest BCUT2D eigenvalue weighted by atomic mass is 35.5. The molecule has 2 nitrogen and oxygen atoms in total. The van der Waals surface area contributed by atoms with E-state index in [9.17, 15) is 5.02 Å². The average molecular weight is 224 g/mol. The molecule has 2 rings (SSSR count). The zero-order valence-electron chi connectivity index (χ0n) is 8.91. The molecule has 4 heteroatoms. The van der Waals surface area contributed by atoms with Crippen LogP contribution in [0.3, 0.4) is 0 Å². The van der Waals surface area contributed by atoms with E-state index >= 15 is 0 Å². The third-order valence-corrected chi connectivity index (χ3v) is 3.08. The Hall–Kier alpha value is -0.665. The second kappa shape index (κ2) is 4.46. The van der Waals surface area contributed by atoms with Gasteiger partial charge in [0.05, 0.1) is 0 Å². The summed E-state index contributed by atoms with van der Waals surface area (Å²) >= 11 is 6.03. The monoisotopic (exact) mass is 223 g/mol. The van der Waals surface area contributed by atoms with Crippen molar-refractivity contribution >= 4 is 29.7 Å². The zero-order chi connectivity index (χ0) is 10.8. The van der Waals surface area contributed by atoms with Crippen LogP contribution in [0, 0.1) is 0 Å². The van der Waals surface area contributed by atoms with E-state index in [-0.39, 0.29) is 0 Å². The van der Waals surface area contributed by atoms with Crippen molar-refractivity contribution in [2.45, 2.75) is 19.7 Å². The fourth-order valence-corrected chi connectivity index (χ4v) is 2.23. The van der Waals surface area contributed by atoms with Crippen LogP contribution < -0.4 is 10.4 Å². The van der Waals surface area contributed by atoms with Crippen LogP contribution in [0.15, 0.2) is 18.2 Å². The SMILES string of the molecule is CB(O)c1cc(Cl)cc(N2CCCC2)c1. The molecule has 80 valence electrons. The average Bonchev–Trinajstić information content (AvgIpc) is 2.69. The third kappa shape index (κ3) is 2.47. The molecule has 1 saturated heterocycles. The summed E-state index contributed by atoms with van der Waals surface area (Å²) in [6.45, 7) is 3.50. The van der Waals surface area contributed by atoms with Crippen molar-refractivity contribution in [3.63, 3.8) is 0 Å². The van der Waals surface area contributed by atoms with E-state index in [4.69, 9.17) is 11.6 Å². The number of rotatable bonds is 2. The highest BCUT2D eigenvalue weighted by Crippen LogP contribution is 2.22. The van der Waals surface area contributed by atoms with Crippen LogP contribution in [-0.4, -0.2) is 25.0 Å². The first-order valence-electron chi connectivity index (χ1n) is 5.40. The number of nitrogens with zero attached hydrogens (tertiary/aromatic N) is 1. The molecular formula is C11H15BClNO. The van der Waals surface area contributed by atoms with Crippen molar-refractivity contribution in [1.29, 1.82) is 0 Å². The standard InChI is InChI=1S/C11H15BClNO/c1-12(15)9-6-10(13)8-11(7-9)14-4-2-3-5-14/h6-8,15H,2-5H2,1H3. The van der Waals surface area contributed by atoms with E-state index in [2.05, 4.69) is 4.90 Å². The van der Waals surface area contributed by atoms with Crippen LogP contribution in [0.25, 0.3) is 0 Å². The molecule has 0 amide bonds. The number of benzene rings is 1. The predicted molar refractivity (Wildman–Crippen MR) is 66.4 cm³/mol. The summed E-state index contributed by atoms with van der Waals surface area (Å²) in [5, 5.41) is 10.2. The van der Waals surface area contributed by atoms with E-state index in [0.29, 0.717) is 5.02 Å². The van der Waals surface area contributed by atoms with Gasteiger partial charge in [-0.2, -0.15) is 0 Å². The minimum absolute atomic E-state index is 0.454. The van der Waals surface area contributed by atoms with Crippen molar-refractivity contribution in [3.05, 3.63) is 23.2 Å². The first-order chi connectivity index (χ1) is 7.16. The maximum atomic E-state index is 9.54. The summed E-state index contributed by atoms with van der Waals surface area (Å²) in [7, 11) is 0. The van der Waals surface area contributed by atoms with Gasteiger partial charge in [0, 0.05) is 23.8 Å². The lowest BCUT2D eigenvalue weighted by Crippen LogP contribution is -2.28. The van der Waals surface area contributed by atoms with Gasteiger partial charge in [0.1, 0.15) is 0 Å². The van der Waals surface area contributed by atoms with Crippen molar-refractivity contribution in [3.8, 4) is 0 Å². The van der Waals surface area contributed by atoms with Gasteiger partial charge in [0.15, 0.2) is 0 Å². The third-order valence-electron chi connectivity index (χ3n) is 2.86. The van der Waals surface area contributed by atoms with Crippen molar-refractivity contribution < 1.29 is 5.02 Å². The van der Waals surface area contributed by atoms with Crippen LogP contribution in [0.4, 0.5) is 5.69 Å². The first kappa shape index (κ1) is 10.8. The molecule has 1 heterocycles. The van der Waals surface area contributed by atoms with E-state index in [1.165, 1.54) is 12.8 Å². The minimum atomic E-state index is -0.454. The van der Waals surface area contributed by atoms with Crippen LogP contribution in [0.2, 0.25) is 11.8 Å². The number of hydrogen-bond donors (Lipinski definition) is 1. The van der Waals surface area contributed by atoms with Crippen molar-refractivity contribution in [2.24, 2.45) is 0 Å². The Kier molecular flexibility index (Phi) is 3.22. The lowest BCUT2D eigenvalue weighted by atomic mass is 9.64. The van der Waals surface area contributed by atoms with Crippen LogP contribution >= 0.6 is 11.6 Å². The van der Waals surface area contributed by atoms with Gasteiger partial charge in [-0.05, 0) is 36.5 Å². The molecule has 1 N–H and O–H groups in total. The maximum absolute atomic E-state index is 9.54. The lowest BCUT2D eigenvalue weighted by Gasteiger charge is -2.19. The Labute approximate surface area is 96.0 Å². The van der Waals surface area contributed by atoms with Gasteiger partial charge in [-0.1, -0.05) is 18.4 Å². The predicted octanol–water partition coefficient (Wildman–Crippen LogP) is 1.76. The summed E-state index contributed by atoms with van der Waals surface area (Å²) in [5.41, 5.74) is 2.03. The number of hydrogen-bond acceptors (Lipinski definition) is 2.